The van der Waals surface area contributed by atoms with E-state index in [-0.39, 0.29) is 17.0 Å². The van der Waals surface area contributed by atoms with Gasteiger partial charge in [-0.1, -0.05) is 0 Å². The van der Waals surface area contributed by atoms with Gasteiger partial charge in [-0.15, -0.1) is 5.06 Å². The molecule has 2 aliphatic heterocycles. The van der Waals surface area contributed by atoms with Gasteiger partial charge in [0.05, 0.1) is 23.8 Å². The fourth-order valence-corrected chi connectivity index (χ4v) is 2.53. The van der Waals surface area contributed by atoms with Gasteiger partial charge in [0.15, 0.2) is 0 Å². The normalized spacial score (nSPS) is 33.2. The Labute approximate surface area is 89.8 Å². The molecule has 0 spiro atoms. The molecule has 1 atom stereocenters. The van der Waals surface area contributed by atoms with Crippen molar-refractivity contribution in [1.29, 1.82) is 0 Å². The first-order chi connectivity index (χ1) is 6.92. The zero-order chi connectivity index (χ0) is 11.3. The molecular formula is C11H17NO3. The lowest BCUT2D eigenvalue weighted by Gasteiger charge is -2.34. The van der Waals surface area contributed by atoms with E-state index in [2.05, 4.69) is 13.8 Å². The Balaban J connectivity index is 2.31. The van der Waals surface area contributed by atoms with E-state index >= 15 is 0 Å². The Morgan fingerprint density at radius 2 is 2.13 bits per heavy atom. The van der Waals surface area contributed by atoms with Crippen LogP contribution in [0, 0.1) is 0 Å². The maximum absolute atomic E-state index is 11.6. The van der Waals surface area contributed by atoms with Crippen LogP contribution in [0.3, 0.4) is 0 Å². The largest absolute Gasteiger partial charge is 0.466 e. The molecule has 1 unspecified atom stereocenters. The maximum atomic E-state index is 11.6. The molecule has 84 valence electrons. The first-order valence-electron chi connectivity index (χ1n) is 5.18. The van der Waals surface area contributed by atoms with Gasteiger partial charge >= 0.3 is 5.97 Å². The quantitative estimate of drug-likeness (QED) is 0.618. The van der Waals surface area contributed by atoms with Gasteiger partial charge in [0.2, 0.25) is 0 Å². The van der Waals surface area contributed by atoms with Crippen LogP contribution in [-0.2, 0) is 14.4 Å². The van der Waals surface area contributed by atoms with E-state index in [0.717, 1.165) is 12.8 Å². The second-order valence-corrected chi connectivity index (χ2v) is 5.01. The standard InChI is InChI=1S/C11H17NO3/c1-10(2)5-6-11(3)8(9(13)14-4)7-15-12(10)11/h7H,5-6H2,1-4H3. The fraction of sp³-hybridized carbons (Fsp3) is 0.727. The van der Waals surface area contributed by atoms with E-state index < -0.39 is 0 Å². The minimum Gasteiger partial charge on any atom is -0.466 e. The number of hydrogen-bond donors (Lipinski definition) is 0. The van der Waals surface area contributed by atoms with Crippen LogP contribution in [0.1, 0.15) is 33.6 Å². The molecule has 2 aliphatic rings. The third-order valence-corrected chi connectivity index (χ3v) is 3.48. The number of esters is 1. The molecule has 2 heterocycles. The van der Waals surface area contributed by atoms with Gasteiger partial charge in [-0.25, -0.2) is 4.79 Å². The number of carbonyl (C=O) groups is 1. The molecule has 4 nitrogen and oxygen atoms in total. The average Bonchev–Trinajstić information content (AvgIpc) is 2.63. The summed E-state index contributed by atoms with van der Waals surface area (Å²) in [5, 5.41) is 1.91. The number of methoxy groups -OCH3 is 1. The lowest BCUT2D eigenvalue weighted by molar-refractivity contribution is -0.173. The summed E-state index contributed by atoms with van der Waals surface area (Å²) in [5.41, 5.74) is 0.271. The predicted octanol–water partition coefficient (Wildman–Crippen LogP) is 1.62. The Kier molecular flexibility index (Phi) is 2.08. The third kappa shape index (κ3) is 1.28. The van der Waals surface area contributed by atoms with E-state index in [1.165, 1.54) is 13.4 Å². The summed E-state index contributed by atoms with van der Waals surface area (Å²) in [6.45, 7) is 6.26. The monoisotopic (exact) mass is 211 g/mol. The highest BCUT2D eigenvalue weighted by atomic mass is 16.7. The molecule has 1 saturated heterocycles. The molecule has 0 bridgehead atoms. The Morgan fingerprint density at radius 3 is 2.73 bits per heavy atom. The number of ether oxygens (including phenoxy) is 1. The summed E-state index contributed by atoms with van der Waals surface area (Å²) < 4.78 is 4.76. The maximum Gasteiger partial charge on any atom is 0.338 e. The van der Waals surface area contributed by atoms with Crippen molar-refractivity contribution in [2.24, 2.45) is 0 Å². The summed E-state index contributed by atoms with van der Waals surface area (Å²) in [6.07, 6.45) is 3.45. The van der Waals surface area contributed by atoms with Crippen molar-refractivity contribution in [2.45, 2.75) is 44.7 Å². The number of nitrogens with zero attached hydrogens (tertiary/aromatic N) is 1. The second kappa shape index (κ2) is 2.98. The van der Waals surface area contributed by atoms with Gasteiger partial charge < -0.3 is 9.57 Å². The van der Waals surface area contributed by atoms with E-state index in [1.54, 1.807) is 0 Å². The van der Waals surface area contributed by atoms with Crippen molar-refractivity contribution in [2.75, 3.05) is 7.11 Å². The Bertz CT molecular complexity index is 335. The molecule has 0 aromatic rings. The SMILES string of the molecule is COC(=O)C1=CON2C(C)(C)CCC12C. The molecule has 0 saturated carbocycles. The number of carbonyl (C=O) groups excluding carboxylic acids is 1. The lowest BCUT2D eigenvalue weighted by atomic mass is 9.91. The minimum absolute atomic E-state index is 0.0268. The Morgan fingerprint density at radius 1 is 1.47 bits per heavy atom. The van der Waals surface area contributed by atoms with Crippen molar-refractivity contribution < 1.29 is 14.4 Å². The van der Waals surface area contributed by atoms with Crippen LogP contribution in [0.4, 0.5) is 0 Å². The van der Waals surface area contributed by atoms with Gasteiger partial charge in [-0.05, 0) is 33.6 Å². The first-order valence-corrected chi connectivity index (χ1v) is 5.18. The highest BCUT2D eigenvalue weighted by Gasteiger charge is 2.56. The zero-order valence-electron chi connectivity index (χ0n) is 9.66. The zero-order valence-corrected chi connectivity index (χ0v) is 9.66. The van der Waals surface area contributed by atoms with Crippen molar-refractivity contribution in [1.82, 2.24) is 5.06 Å². The van der Waals surface area contributed by atoms with Crippen molar-refractivity contribution in [3.05, 3.63) is 11.8 Å². The molecule has 1 fully saturated rings. The summed E-state index contributed by atoms with van der Waals surface area (Å²) in [6, 6.07) is 0. The van der Waals surface area contributed by atoms with Crippen molar-refractivity contribution in [3.63, 3.8) is 0 Å². The van der Waals surface area contributed by atoms with Gasteiger partial charge in [-0.3, -0.25) is 0 Å². The van der Waals surface area contributed by atoms with Crippen LogP contribution in [0.5, 0.6) is 0 Å². The number of hydroxylamine groups is 2. The average molecular weight is 211 g/mol. The van der Waals surface area contributed by atoms with E-state index in [1.807, 2.05) is 12.0 Å². The lowest BCUT2D eigenvalue weighted by Crippen LogP contribution is -2.47. The number of hydrogen-bond acceptors (Lipinski definition) is 4. The molecule has 0 aromatic heterocycles. The van der Waals surface area contributed by atoms with E-state index in [0.29, 0.717) is 5.57 Å². The summed E-state index contributed by atoms with van der Waals surface area (Å²) >= 11 is 0. The van der Waals surface area contributed by atoms with Crippen LogP contribution >= 0.6 is 0 Å². The smallest absolute Gasteiger partial charge is 0.338 e. The van der Waals surface area contributed by atoms with Crippen LogP contribution in [0.2, 0.25) is 0 Å². The molecule has 0 radical (unpaired) electrons. The van der Waals surface area contributed by atoms with Crippen molar-refractivity contribution in [3.8, 4) is 0 Å². The van der Waals surface area contributed by atoms with Crippen LogP contribution in [0.25, 0.3) is 0 Å². The van der Waals surface area contributed by atoms with Crippen molar-refractivity contribution >= 4 is 5.97 Å². The van der Waals surface area contributed by atoms with Gasteiger partial charge in [-0.2, -0.15) is 0 Å². The molecule has 0 aromatic carbocycles. The molecular weight excluding hydrogens is 194 g/mol. The second-order valence-electron chi connectivity index (χ2n) is 5.01. The molecule has 0 amide bonds. The van der Waals surface area contributed by atoms with E-state index in [4.69, 9.17) is 9.57 Å². The van der Waals surface area contributed by atoms with Crippen LogP contribution in [-0.4, -0.2) is 29.2 Å². The molecule has 2 rings (SSSR count). The molecule has 4 heteroatoms. The Hall–Kier alpha value is -1.03. The predicted molar refractivity (Wildman–Crippen MR) is 54.7 cm³/mol. The van der Waals surface area contributed by atoms with E-state index in [9.17, 15) is 4.79 Å². The van der Waals surface area contributed by atoms with Gasteiger partial charge in [0, 0.05) is 0 Å². The summed E-state index contributed by atoms with van der Waals surface area (Å²) in [7, 11) is 1.40. The molecule has 0 aliphatic carbocycles. The first kappa shape index (κ1) is 10.5. The molecule has 15 heavy (non-hydrogen) atoms. The van der Waals surface area contributed by atoms with Crippen LogP contribution in [0.15, 0.2) is 11.8 Å². The summed E-state index contributed by atoms with van der Waals surface area (Å²) in [4.78, 5) is 17.1. The van der Waals surface area contributed by atoms with Gasteiger partial charge in [0.1, 0.15) is 6.26 Å². The number of rotatable bonds is 1. The summed E-state index contributed by atoms with van der Waals surface area (Å²) in [5.74, 6) is -0.294. The van der Waals surface area contributed by atoms with Gasteiger partial charge in [0.25, 0.3) is 0 Å². The van der Waals surface area contributed by atoms with Crippen LogP contribution < -0.4 is 0 Å². The minimum atomic E-state index is -0.323. The highest BCUT2D eigenvalue weighted by molar-refractivity contribution is 5.91. The molecule has 0 N–H and O–H groups in total. The third-order valence-electron chi connectivity index (χ3n) is 3.48. The number of fused-ring (bicyclic) bond motifs is 1. The topological polar surface area (TPSA) is 38.8 Å². The highest BCUT2D eigenvalue weighted by Crippen LogP contribution is 2.48. The fourth-order valence-electron chi connectivity index (χ4n) is 2.53.